The SMILES string of the molecule is CS[C@]1(P(=O)(OC(C)C)OC(C)C)CC(C)=C(C)CS1. The molecule has 0 aliphatic carbocycles. The van der Waals surface area contributed by atoms with Crippen molar-refractivity contribution in [2.24, 2.45) is 0 Å². The van der Waals surface area contributed by atoms with Crippen molar-refractivity contribution in [3.8, 4) is 0 Å². The Hall–Kier alpha value is 0.590. The number of hydrogen-bond acceptors (Lipinski definition) is 5. The summed E-state index contributed by atoms with van der Waals surface area (Å²) in [6, 6.07) is 0. The van der Waals surface area contributed by atoms with Crippen molar-refractivity contribution >= 4 is 31.1 Å². The van der Waals surface area contributed by atoms with Crippen molar-refractivity contribution in [2.45, 2.75) is 64.0 Å². The molecule has 1 heterocycles. The molecule has 1 aliphatic rings. The number of hydrogen-bond donors (Lipinski definition) is 0. The molecule has 0 aromatic carbocycles. The lowest BCUT2D eigenvalue weighted by Crippen LogP contribution is -2.29. The fraction of sp³-hybridized carbons (Fsp3) is 0.857. The maximum Gasteiger partial charge on any atom is 0.357 e. The molecule has 0 saturated carbocycles. The Morgan fingerprint density at radius 3 is 2.00 bits per heavy atom. The van der Waals surface area contributed by atoms with Gasteiger partial charge < -0.3 is 9.05 Å². The van der Waals surface area contributed by atoms with Crippen LogP contribution in [0.3, 0.4) is 0 Å². The number of thioether (sulfide) groups is 2. The average Bonchev–Trinajstić information content (AvgIpc) is 2.30. The summed E-state index contributed by atoms with van der Waals surface area (Å²) in [6.45, 7) is 11.9. The summed E-state index contributed by atoms with van der Waals surface area (Å²) in [4.78, 5) is 0. The van der Waals surface area contributed by atoms with Crippen molar-refractivity contribution in [1.82, 2.24) is 0 Å². The van der Waals surface area contributed by atoms with E-state index in [4.69, 9.17) is 9.05 Å². The van der Waals surface area contributed by atoms with E-state index < -0.39 is 11.4 Å². The molecule has 0 bridgehead atoms. The van der Waals surface area contributed by atoms with Gasteiger partial charge in [-0.1, -0.05) is 11.1 Å². The third kappa shape index (κ3) is 4.07. The molecular weight excluding hydrogens is 311 g/mol. The van der Waals surface area contributed by atoms with Crippen LogP contribution in [-0.2, 0) is 13.6 Å². The normalized spacial score (nSPS) is 24.9. The van der Waals surface area contributed by atoms with Gasteiger partial charge in [-0.2, -0.15) is 0 Å². The fourth-order valence-electron chi connectivity index (χ4n) is 2.04. The second-order valence-electron chi connectivity index (χ2n) is 5.75. The van der Waals surface area contributed by atoms with E-state index >= 15 is 0 Å². The first kappa shape index (κ1) is 18.6. The third-order valence-electron chi connectivity index (χ3n) is 3.17. The Bertz CT molecular complexity index is 407. The van der Waals surface area contributed by atoms with E-state index in [1.165, 1.54) is 11.1 Å². The van der Waals surface area contributed by atoms with Gasteiger partial charge >= 0.3 is 7.60 Å². The highest BCUT2D eigenvalue weighted by Crippen LogP contribution is 2.73. The molecule has 0 saturated heterocycles. The van der Waals surface area contributed by atoms with Gasteiger partial charge in [0, 0.05) is 12.2 Å². The van der Waals surface area contributed by atoms with E-state index in [-0.39, 0.29) is 12.2 Å². The molecule has 6 heteroatoms. The summed E-state index contributed by atoms with van der Waals surface area (Å²) >= 11 is 3.31. The molecule has 1 aliphatic heterocycles. The molecule has 118 valence electrons. The average molecular weight is 338 g/mol. The quantitative estimate of drug-likeness (QED) is 0.471. The van der Waals surface area contributed by atoms with Crippen LogP contribution in [-0.4, -0.2) is 28.0 Å². The van der Waals surface area contributed by atoms with Gasteiger partial charge in [-0.15, -0.1) is 23.5 Å². The van der Waals surface area contributed by atoms with Crippen LogP contribution in [0.5, 0.6) is 0 Å². The van der Waals surface area contributed by atoms with E-state index in [1.54, 1.807) is 23.5 Å². The highest BCUT2D eigenvalue weighted by atomic mass is 32.2. The first-order chi connectivity index (χ1) is 9.16. The van der Waals surface area contributed by atoms with Gasteiger partial charge in [-0.05, 0) is 47.8 Å². The molecule has 0 aromatic rings. The van der Waals surface area contributed by atoms with E-state index in [9.17, 15) is 4.57 Å². The van der Waals surface area contributed by atoms with Gasteiger partial charge in [0.1, 0.15) is 0 Å². The predicted octanol–water partition coefficient (Wildman–Crippen LogP) is 5.52. The van der Waals surface area contributed by atoms with Crippen molar-refractivity contribution in [3.05, 3.63) is 11.1 Å². The molecular formula is C14H27O3PS2. The molecule has 0 unspecified atom stereocenters. The molecule has 3 nitrogen and oxygen atoms in total. The smallest absolute Gasteiger partial charge is 0.304 e. The predicted molar refractivity (Wildman–Crippen MR) is 91.7 cm³/mol. The minimum absolute atomic E-state index is 0.114. The second kappa shape index (κ2) is 7.23. The van der Waals surface area contributed by atoms with Crippen molar-refractivity contribution in [3.63, 3.8) is 0 Å². The Morgan fingerprint density at radius 1 is 1.15 bits per heavy atom. The maximum atomic E-state index is 13.5. The van der Waals surface area contributed by atoms with Crippen molar-refractivity contribution in [2.75, 3.05) is 12.0 Å². The van der Waals surface area contributed by atoms with Crippen LogP contribution in [0.25, 0.3) is 0 Å². The van der Waals surface area contributed by atoms with Gasteiger partial charge in [0.25, 0.3) is 0 Å². The van der Waals surface area contributed by atoms with Crippen LogP contribution in [0.15, 0.2) is 11.1 Å². The Kier molecular flexibility index (Phi) is 6.74. The highest BCUT2D eigenvalue weighted by Gasteiger charge is 2.53. The molecule has 1 rings (SSSR count). The maximum absolute atomic E-state index is 13.5. The van der Waals surface area contributed by atoms with Crippen LogP contribution in [0.1, 0.15) is 48.0 Å². The van der Waals surface area contributed by atoms with Crippen LogP contribution in [0, 0.1) is 0 Å². The summed E-state index contributed by atoms with van der Waals surface area (Å²) in [5, 5.41) is 0. The topological polar surface area (TPSA) is 35.5 Å². The van der Waals surface area contributed by atoms with Crippen LogP contribution < -0.4 is 0 Å². The second-order valence-corrected chi connectivity index (χ2v) is 11.2. The van der Waals surface area contributed by atoms with Gasteiger partial charge in [0.2, 0.25) is 0 Å². The third-order valence-corrected chi connectivity index (χ3v) is 10.6. The van der Waals surface area contributed by atoms with Crippen molar-refractivity contribution in [1.29, 1.82) is 0 Å². The molecule has 0 spiro atoms. The van der Waals surface area contributed by atoms with Gasteiger partial charge in [-0.25, -0.2) is 0 Å². The van der Waals surface area contributed by atoms with Gasteiger partial charge in [-0.3, -0.25) is 4.57 Å². The highest BCUT2D eigenvalue weighted by molar-refractivity contribution is 8.25. The summed E-state index contributed by atoms with van der Waals surface area (Å²) in [5.74, 6) is 0.888. The summed E-state index contributed by atoms with van der Waals surface area (Å²) < 4.78 is 24.6. The van der Waals surface area contributed by atoms with E-state index in [1.807, 2.05) is 34.0 Å². The molecule has 0 radical (unpaired) electrons. The first-order valence-electron chi connectivity index (χ1n) is 6.97. The lowest BCUT2D eigenvalue weighted by molar-refractivity contribution is 0.139. The van der Waals surface area contributed by atoms with Gasteiger partial charge in [0.15, 0.2) is 3.82 Å². The lowest BCUT2D eigenvalue weighted by Gasteiger charge is -2.41. The zero-order valence-electron chi connectivity index (χ0n) is 13.6. The standard InChI is InChI=1S/C14H27O3PS2/c1-10(2)16-18(15,17-11(3)4)14(19-7)8-12(5)13(6)9-20-14/h10-11H,8-9H2,1-7H3/t14-/m1/s1. The summed E-state index contributed by atoms with van der Waals surface area (Å²) in [7, 11) is -3.21. The Balaban J connectivity index is 3.18. The fourth-order valence-corrected chi connectivity index (χ4v) is 8.21. The summed E-state index contributed by atoms with van der Waals surface area (Å²) in [6.07, 6.45) is 2.52. The monoisotopic (exact) mass is 338 g/mol. The van der Waals surface area contributed by atoms with E-state index in [0.29, 0.717) is 0 Å². The minimum atomic E-state index is -3.21. The summed E-state index contributed by atoms with van der Waals surface area (Å²) in [5.41, 5.74) is 2.68. The van der Waals surface area contributed by atoms with Gasteiger partial charge in [0.05, 0.1) is 12.2 Å². The zero-order chi connectivity index (χ0) is 15.6. The van der Waals surface area contributed by atoms with Crippen molar-refractivity contribution < 1.29 is 13.6 Å². The van der Waals surface area contributed by atoms with Crippen LogP contribution in [0.4, 0.5) is 0 Å². The number of rotatable bonds is 6. The Labute approximate surface area is 132 Å². The van der Waals surface area contributed by atoms with Crippen LogP contribution >= 0.6 is 31.1 Å². The molecule has 1 atom stereocenters. The molecule has 0 N–H and O–H groups in total. The zero-order valence-corrected chi connectivity index (χ0v) is 16.1. The Morgan fingerprint density at radius 2 is 1.65 bits per heavy atom. The minimum Gasteiger partial charge on any atom is -0.304 e. The van der Waals surface area contributed by atoms with Crippen LogP contribution in [0.2, 0.25) is 0 Å². The first-order valence-corrected chi connectivity index (χ1v) is 10.7. The van der Waals surface area contributed by atoms with E-state index in [2.05, 4.69) is 13.8 Å². The lowest BCUT2D eigenvalue weighted by atomic mass is 10.1. The molecule has 0 fully saturated rings. The molecule has 20 heavy (non-hydrogen) atoms. The number of allylic oxidation sites excluding steroid dienone is 1. The largest absolute Gasteiger partial charge is 0.357 e. The molecule has 0 aromatic heterocycles. The van der Waals surface area contributed by atoms with E-state index in [0.717, 1.165) is 12.2 Å². The molecule has 0 amide bonds.